The average molecular weight is 419 g/mol. The normalized spacial score (nSPS) is 26.1. The maximum Gasteiger partial charge on any atom is 0.325 e. The lowest BCUT2D eigenvalue weighted by Gasteiger charge is -2.25. The van der Waals surface area contributed by atoms with Crippen molar-refractivity contribution in [1.29, 1.82) is 0 Å². The molecule has 0 unspecified atom stereocenters. The van der Waals surface area contributed by atoms with Crippen LogP contribution in [0.4, 0.5) is 4.79 Å². The molecule has 4 rings (SSSR count). The molecule has 1 N–H and O–H groups in total. The van der Waals surface area contributed by atoms with Gasteiger partial charge in [0.25, 0.3) is 5.91 Å². The van der Waals surface area contributed by atoms with Crippen molar-refractivity contribution in [2.24, 2.45) is 0 Å². The summed E-state index contributed by atoms with van der Waals surface area (Å²) in [5.41, 5.74) is -0.839. The lowest BCUT2D eigenvalue weighted by molar-refractivity contribution is -0.139. The van der Waals surface area contributed by atoms with Crippen molar-refractivity contribution in [2.75, 3.05) is 25.1 Å². The van der Waals surface area contributed by atoms with Crippen molar-refractivity contribution in [2.45, 2.75) is 24.9 Å². The lowest BCUT2D eigenvalue weighted by atomic mass is 9.99. The molecule has 9 nitrogen and oxygen atoms in total. The van der Waals surface area contributed by atoms with Crippen LogP contribution in [0.5, 0.6) is 0 Å². The van der Waals surface area contributed by atoms with E-state index in [9.17, 15) is 22.8 Å². The number of carbonyl (C=O) groups is 3. The zero-order chi connectivity index (χ0) is 21.0. The van der Waals surface area contributed by atoms with Gasteiger partial charge in [-0.05, 0) is 25.5 Å². The van der Waals surface area contributed by atoms with Gasteiger partial charge in [0, 0.05) is 18.5 Å². The van der Waals surface area contributed by atoms with Gasteiger partial charge >= 0.3 is 6.03 Å². The molecule has 1 aromatic heterocycles. The number of imide groups is 1. The first-order valence-corrected chi connectivity index (χ1v) is 11.0. The zero-order valence-corrected chi connectivity index (χ0v) is 16.9. The molecule has 2 saturated heterocycles. The minimum atomic E-state index is -3.16. The molecule has 1 aromatic carbocycles. The van der Waals surface area contributed by atoms with Gasteiger partial charge in [0.05, 0.1) is 11.5 Å². The fraction of sp³-hybridized carbons (Fsp3) is 0.421. The molecular weight excluding hydrogens is 398 g/mol. The number of nitrogens with zero attached hydrogens (tertiary/aromatic N) is 2. The summed E-state index contributed by atoms with van der Waals surface area (Å²) in [7, 11) is -1.67. The molecule has 2 aliphatic heterocycles. The number of rotatable bonds is 4. The van der Waals surface area contributed by atoms with Gasteiger partial charge in [-0.3, -0.25) is 14.5 Å². The first kappa shape index (κ1) is 19.4. The van der Waals surface area contributed by atoms with E-state index in [1.54, 1.807) is 18.2 Å². The van der Waals surface area contributed by atoms with Gasteiger partial charge < -0.3 is 14.6 Å². The number of hydrogen-bond acceptors (Lipinski definition) is 6. The smallest absolute Gasteiger partial charge is 0.325 e. The average Bonchev–Trinajstić information content (AvgIpc) is 3.32. The van der Waals surface area contributed by atoms with E-state index in [-0.39, 0.29) is 17.3 Å². The quantitative estimate of drug-likeness (QED) is 0.734. The maximum atomic E-state index is 13.0. The zero-order valence-electron chi connectivity index (χ0n) is 16.0. The topological polar surface area (TPSA) is 117 Å². The fourth-order valence-electron chi connectivity index (χ4n) is 3.77. The monoisotopic (exact) mass is 419 g/mol. The van der Waals surface area contributed by atoms with Crippen LogP contribution in [0.3, 0.4) is 0 Å². The second-order valence-electron chi connectivity index (χ2n) is 7.66. The fourth-order valence-corrected chi connectivity index (χ4v) is 5.54. The van der Waals surface area contributed by atoms with Crippen LogP contribution in [0.1, 0.15) is 19.1 Å². The summed E-state index contributed by atoms with van der Waals surface area (Å²) in [5.74, 6) is -0.886. The Hall–Kier alpha value is -2.88. The predicted molar refractivity (Wildman–Crippen MR) is 104 cm³/mol. The van der Waals surface area contributed by atoms with Crippen LogP contribution in [0, 0.1) is 0 Å². The molecular formula is C19H21N3O6S. The molecule has 4 amide bonds. The SMILES string of the molecule is CN(C(=O)CN1C(=O)N[C@](C)(c2cc3ccccc3o2)C1=O)[C@H]1CCS(=O)(=O)C1. The minimum Gasteiger partial charge on any atom is -0.458 e. The second-order valence-corrected chi connectivity index (χ2v) is 9.89. The highest BCUT2D eigenvalue weighted by Gasteiger charge is 2.52. The summed E-state index contributed by atoms with van der Waals surface area (Å²) in [6.07, 6.45) is 0.349. The molecule has 154 valence electrons. The van der Waals surface area contributed by atoms with Gasteiger partial charge in [0.15, 0.2) is 15.4 Å². The van der Waals surface area contributed by atoms with Crippen LogP contribution in [0.2, 0.25) is 0 Å². The van der Waals surface area contributed by atoms with Gasteiger partial charge in [-0.25, -0.2) is 13.2 Å². The Morgan fingerprint density at radius 2 is 2.07 bits per heavy atom. The molecule has 2 atom stereocenters. The van der Waals surface area contributed by atoms with Gasteiger partial charge in [0.1, 0.15) is 17.9 Å². The highest BCUT2D eigenvalue weighted by molar-refractivity contribution is 7.91. The number of hydrogen-bond donors (Lipinski definition) is 1. The van der Waals surface area contributed by atoms with Crippen molar-refractivity contribution in [3.8, 4) is 0 Å². The van der Waals surface area contributed by atoms with E-state index in [0.29, 0.717) is 12.0 Å². The summed E-state index contributed by atoms with van der Waals surface area (Å²) in [5, 5.41) is 3.41. The third-order valence-electron chi connectivity index (χ3n) is 5.64. The van der Waals surface area contributed by atoms with Crippen LogP contribution >= 0.6 is 0 Å². The first-order chi connectivity index (χ1) is 13.6. The number of nitrogens with one attached hydrogen (secondary N) is 1. The molecule has 29 heavy (non-hydrogen) atoms. The summed E-state index contributed by atoms with van der Waals surface area (Å²) in [4.78, 5) is 40.2. The van der Waals surface area contributed by atoms with Crippen LogP contribution in [0.15, 0.2) is 34.7 Å². The molecule has 10 heteroatoms. The van der Waals surface area contributed by atoms with Crippen molar-refractivity contribution < 1.29 is 27.2 Å². The van der Waals surface area contributed by atoms with Crippen LogP contribution in [-0.2, 0) is 25.0 Å². The summed E-state index contributed by atoms with van der Waals surface area (Å²) >= 11 is 0. The Balaban J connectivity index is 1.52. The number of sulfone groups is 1. The third kappa shape index (κ3) is 3.27. The van der Waals surface area contributed by atoms with Crippen LogP contribution in [0.25, 0.3) is 11.0 Å². The molecule has 2 aliphatic rings. The number of likely N-dealkylation sites (N-methyl/N-ethyl adjacent to an activating group) is 1. The summed E-state index contributed by atoms with van der Waals surface area (Å²) in [6.45, 7) is 1.07. The number of amides is 4. The first-order valence-electron chi connectivity index (χ1n) is 9.20. The van der Waals surface area contributed by atoms with E-state index >= 15 is 0 Å². The molecule has 2 aromatic rings. The van der Waals surface area contributed by atoms with E-state index in [2.05, 4.69) is 5.32 Å². The molecule has 3 heterocycles. The Bertz CT molecular complexity index is 1090. The number of para-hydroxylation sites is 1. The Kier molecular flexibility index (Phi) is 4.41. The number of carbonyl (C=O) groups excluding carboxylic acids is 3. The van der Waals surface area contributed by atoms with Crippen molar-refractivity contribution in [3.63, 3.8) is 0 Å². The third-order valence-corrected chi connectivity index (χ3v) is 7.39. The largest absolute Gasteiger partial charge is 0.458 e. The van der Waals surface area contributed by atoms with E-state index in [1.165, 1.54) is 18.9 Å². The van der Waals surface area contributed by atoms with E-state index in [1.807, 2.05) is 12.1 Å². The molecule has 0 spiro atoms. The van der Waals surface area contributed by atoms with Crippen LogP contribution in [-0.4, -0.2) is 67.2 Å². The van der Waals surface area contributed by atoms with Gasteiger partial charge in [-0.15, -0.1) is 0 Å². The number of urea groups is 1. The molecule has 0 aliphatic carbocycles. The van der Waals surface area contributed by atoms with E-state index in [0.717, 1.165) is 10.3 Å². The molecule has 2 fully saturated rings. The number of fused-ring (bicyclic) bond motifs is 1. The summed E-state index contributed by atoms with van der Waals surface area (Å²) in [6, 6.07) is 7.77. The second kappa shape index (κ2) is 6.58. The van der Waals surface area contributed by atoms with Gasteiger partial charge in [-0.1, -0.05) is 18.2 Å². The van der Waals surface area contributed by atoms with E-state index in [4.69, 9.17) is 4.42 Å². The maximum absolute atomic E-state index is 13.0. The number of benzene rings is 1. The van der Waals surface area contributed by atoms with Crippen molar-refractivity contribution >= 4 is 38.7 Å². The molecule has 0 saturated carbocycles. The molecule has 0 radical (unpaired) electrons. The standard InChI is InChI=1S/C19H21N3O6S/c1-19(15-9-12-5-3-4-6-14(12)28-15)17(24)22(18(25)20-19)10-16(23)21(2)13-7-8-29(26,27)11-13/h3-6,9,13H,7-8,10-11H2,1-2H3,(H,20,25)/t13-,19+/m0/s1. The Labute approximate surface area is 167 Å². The lowest BCUT2D eigenvalue weighted by Crippen LogP contribution is -2.46. The van der Waals surface area contributed by atoms with Gasteiger partial charge in [-0.2, -0.15) is 0 Å². The van der Waals surface area contributed by atoms with Crippen LogP contribution < -0.4 is 5.32 Å². The predicted octanol–water partition coefficient (Wildman–Crippen LogP) is 0.845. The molecule has 0 bridgehead atoms. The highest BCUT2D eigenvalue weighted by atomic mass is 32.2. The highest BCUT2D eigenvalue weighted by Crippen LogP contribution is 2.33. The summed E-state index contributed by atoms with van der Waals surface area (Å²) < 4.78 is 29.1. The van der Waals surface area contributed by atoms with E-state index < -0.39 is 45.8 Å². The Morgan fingerprint density at radius 3 is 2.72 bits per heavy atom. The Morgan fingerprint density at radius 1 is 1.34 bits per heavy atom. The van der Waals surface area contributed by atoms with Gasteiger partial charge in [0.2, 0.25) is 5.91 Å². The van der Waals surface area contributed by atoms with Crippen molar-refractivity contribution in [3.05, 3.63) is 36.1 Å². The van der Waals surface area contributed by atoms with Crippen molar-refractivity contribution in [1.82, 2.24) is 15.1 Å². The number of furan rings is 1. The minimum absolute atomic E-state index is 0.0303.